The Balaban J connectivity index is 2.04. The summed E-state index contributed by atoms with van der Waals surface area (Å²) < 4.78 is 16.2. The van der Waals surface area contributed by atoms with Crippen LogP contribution in [0.1, 0.15) is 10.4 Å². The van der Waals surface area contributed by atoms with E-state index in [1.54, 1.807) is 25.3 Å². The summed E-state index contributed by atoms with van der Waals surface area (Å²) >= 11 is 3.33. The van der Waals surface area contributed by atoms with E-state index >= 15 is 0 Å². The Morgan fingerprint density at radius 1 is 1.17 bits per heavy atom. The number of ether oxygens (including phenoxy) is 3. The zero-order chi connectivity index (χ0) is 17.5. The lowest BCUT2D eigenvalue weighted by Gasteiger charge is -2.09. The van der Waals surface area contributed by atoms with Gasteiger partial charge in [0.2, 0.25) is 0 Å². The highest BCUT2D eigenvalue weighted by Crippen LogP contribution is 2.27. The summed E-state index contributed by atoms with van der Waals surface area (Å²) in [4.78, 5) is 22.2. The van der Waals surface area contributed by atoms with E-state index in [4.69, 9.17) is 14.2 Å². The van der Waals surface area contributed by atoms with Crippen LogP contribution in [0.25, 0.3) is 0 Å². The Kier molecular flexibility index (Phi) is 6.28. The van der Waals surface area contributed by atoms with Crippen LogP contribution in [0.4, 0.5) is 5.69 Å². The van der Waals surface area contributed by atoms with Crippen molar-refractivity contribution in [1.82, 2.24) is 0 Å². The third kappa shape index (κ3) is 4.77. The molecule has 2 aromatic carbocycles. The fourth-order valence-electron chi connectivity index (χ4n) is 1.78. The first-order valence-corrected chi connectivity index (χ1v) is 7.68. The highest BCUT2D eigenvalue weighted by molar-refractivity contribution is 9.10. The number of esters is 1. The van der Waals surface area contributed by atoms with Crippen molar-refractivity contribution >= 4 is 27.6 Å². The Hall–Kier alpha value is -2.45. The van der Waals surface area contributed by atoms with E-state index in [0.29, 0.717) is 29.0 Å². The van der Waals surface area contributed by atoms with Gasteiger partial charge in [-0.25, -0.2) is 4.79 Å². The minimum Gasteiger partial charge on any atom is -0.490 e. The number of rotatable bonds is 7. The highest BCUT2D eigenvalue weighted by Gasteiger charge is 2.13. The van der Waals surface area contributed by atoms with Crippen molar-refractivity contribution in [3.05, 3.63) is 62.6 Å². The monoisotopic (exact) mass is 395 g/mol. The summed E-state index contributed by atoms with van der Waals surface area (Å²) in [5.74, 6) is 0.231. The Labute approximate surface area is 146 Å². The van der Waals surface area contributed by atoms with E-state index < -0.39 is 10.9 Å². The van der Waals surface area contributed by atoms with Gasteiger partial charge in [0.15, 0.2) is 0 Å². The number of hydrogen-bond acceptors (Lipinski definition) is 6. The molecule has 0 unspecified atom stereocenters. The molecule has 0 fully saturated rings. The first-order valence-electron chi connectivity index (χ1n) is 6.89. The van der Waals surface area contributed by atoms with Gasteiger partial charge in [0.05, 0.1) is 21.6 Å². The number of carbonyl (C=O) groups is 1. The smallest absolute Gasteiger partial charge is 0.343 e. The predicted octanol–water partition coefficient (Wildman–Crippen LogP) is 3.60. The minimum atomic E-state index is -0.576. The molecule has 126 valence electrons. The van der Waals surface area contributed by atoms with Gasteiger partial charge in [0, 0.05) is 19.2 Å². The zero-order valence-corrected chi connectivity index (χ0v) is 14.3. The molecule has 0 atom stereocenters. The number of halogens is 1. The number of nitro benzene ring substituents is 1. The van der Waals surface area contributed by atoms with Crippen molar-refractivity contribution in [1.29, 1.82) is 0 Å². The van der Waals surface area contributed by atoms with Crippen LogP contribution in [0.15, 0.2) is 46.9 Å². The van der Waals surface area contributed by atoms with Crippen LogP contribution < -0.4 is 9.47 Å². The summed E-state index contributed by atoms with van der Waals surface area (Å²) in [5.41, 5.74) is 0.245. The summed E-state index contributed by atoms with van der Waals surface area (Å²) in [6, 6.07) is 10.1. The van der Waals surface area contributed by atoms with E-state index in [-0.39, 0.29) is 11.4 Å². The van der Waals surface area contributed by atoms with Gasteiger partial charge in [-0.1, -0.05) is 0 Å². The normalized spacial score (nSPS) is 10.2. The molecule has 0 saturated heterocycles. The molecule has 2 rings (SSSR count). The van der Waals surface area contributed by atoms with Crippen molar-refractivity contribution in [2.24, 2.45) is 0 Å². The number of benzene rings is 2. The minimum absolute atomic E-state index is 0.0740. The Bertz CT molecular complexity index is 732. The summed E-state index contributed by atoms with van der Waals surface area (Å²) in [5, 5.41) is 10.6. The van der Waals surface area contributed by atoms with Crippen molar-refractivity contribution in [2.75, 3.05) is 20.3 Å². The second-order valence-electron chi connectivity index (χ2n) is 4.63. The molecule has 0 saturated carbocycles. The summed E-state index contributed by atoms with van der Waals surface area (Å²) in [7, 11) is 1.58. The SMILES string of the molecule is COCCOc1ccc(C(=O)Oc2ccc([N+](=O)[O-])cc2)cc1Br. The molecule has 0 aliphatic rings. The van der Waals surface area contributed by atoms with E-state index in [0.717, 1.165) is 0 Å². The van der Waals surface area contributed by atoms with Gasteiger partial charge in [-0.05, 0) is 46.3 Å². The Morgan fingerprint density at radius 2 is 1.88 bits per heavy atom. The number of nitrogens with zero attached hydrogens (tertiary/aromatic N) is 1. The number of nitro groups is 1. The molecule has 0 N–H and O–H groups in total. The predicted molar refractivity (Wildman–Crippen MR) is 89.6 cm³/mol. The third-order valence-electron chi connectivity index (χ3n) is 2.97. The van der Waals surface area contributed by atoms with Crippen LogP contribution in [0.2, 0.25) is 0 Å². The van der Waals surface area contributed by atoms with Crippen molar-refractivity contribution in [3.63, 3.8) is 0 Å². The van der Waals surface area contributed by atoms with Crippen LogP contribution in [0.5, 0.6) is 11.5 Å². The quantitative estimate of drug-likeness (QED) is 0.234. The fraction of sp³-hybridized carbons (Fsp3) is 0.188. The average molecular weight is 396 g/mol. The summed E-state index contributed by atoms with van der Waals surface area (Å²) in [6.07, 6.45) is 0. The molecular weight excluding hydrogens is 382 g/mol. The molecule has 0 aliphatic heterocycles. The third-order valence-corrected chi connectivity index (χ3v) is 3.59. The molecule has 24 heavy (non-hydrogen) atoms. The second-order valence-corrected chi connectivity index (χ2v) is 5.48. The molecule has 0 heterocycles. The van der Waals surface area contributed by atoms with Crippen LogP contribution >= 0.6 is 15.9 Å². The van der Waals surface area contributed by atoms with Crippen LogP contribution in [0.3, 0.4) is 0 Å². The van der Waals surface area contributed by atoms with Crippen LogP contribution in [-0.2, 0) is 4.74 Å². The van der Waals surface area contributed by atoms with Crippen molar-refractivity contribution in [3.8, 4) is 11.5 Å². The molecule has 0 bridgehead atoms. The van der Waals surface area contributed by atoms with E-state index in [1.807, 2.05) is 0 Å². The van der Waals surface area contributed by atoms with Gasteiger partial charge in [0.1, 0.15) is 18.1 Å². The van der Waals surface area contributed by atoms with Gasteiger partial charge in [-0.15, -0.1) is 0 Å². The highest BCUT2D eigenvalue weighted by atomic mass is 79.9. The van der Waals surface area contributed by atoms with Crippen LogP contribution in [-0.4, -0.2) is 31.2 Å². The molecule has 8 heteroatoms. The van der Waals surface area contributed by atoms with E-state index in [9.17, 15) is 14.9 Å². The number of non-ortho nitro benzene ring substituents is 1. The van der Waals surface area contributed by atoms with Gasteiger partial charge < -0.3 is 14.2 Å². The van der Waals surface area contributed by atoms with Gasteiger partial charge in [-0.2, -0.15) is 0 Å². The van der Waals surface area contributed by atoms with Gasteiger partial charge in [-0.3, -0.25) is 10.1 Å². The standard InChI is InChI=1S/C16H14BrNO6/c1-22-8-9-23-15-7-2-11(10-14(15)17)16(19)24-13-5-3-12(4-6-13)18(20)21/h2-7,10H,8-9H2,1H3. The number of carbonyl (C=O) groups excluding carboxylic acids is 1. The first-order chi connectivity index (χ1) is 11.5. The number of methoxy groups -OCH3 is 1. The van der Waals surface area contributed by atoms with Gasteiger partial charge in [0.25, 0.3) is 5.69 Å². The van der Waals surface area contributed by atoms with E-state index in [1.165, 1.54) is 24.3 Å². The molecule has 0 aliphatic carbocycles. The second kappa shape index (κ2) is 8.42. The molecule has 0 aromatic heterocycles. The molecule has 0 spiro atoms. The molecular formula is C16H14BrNO6. The lowest BCUT2D eigenvalue weighted by molar-refractivity contribution is -0.384. The van der Waals surface area contributed by atoms with Crippen molar-refractivity contribution < 1.29 is 23.9 Å². The first kappa shape index (κ1) is 17.9. The Morgan fingerprint density at radius 3 is 2.46 bits per heavy atom. The topological polar surface area (TPSA) is 87.9 Å². The largest absolute Gasteiger partial charge is 0.490 e. The van der Waals surface area contributed by atoms with Crippen LogP contribution in [0, 0.1) is 10.1 Å². The zero-order valence-electron chi connectivity index (χ0n) is 12.7. The molecule has 2 aromatic rings. The lowest BCUT2D eigenvalue weighted by Crippen LogP contribution is -2.09. The maximum absolute atomic E-state index is 12.1. The maximum atomic E-state index is 12.1. The average Bonchev–Trinajstić information content (AvgIpc) is 2.57. The van der Waals surface area contributed by atoms with E-state index in [2.05, 4.69) is 15.9 Å². The maximum Gasteiger partial charge on any atom is 0.343 e. The summed E-state index contributed by atoms with van der Waals surface area (Å²) in [6.45, 7) is 0.845. The lowest BCUT2D eigenvalue weighted by atomic mass is 10.2. The molecule has 0 amide bonds. The number of hydrogen-bond donors (Lipinski definition) is 0. The molecule has 0 radical (unpaired) electrons. The molecule has 7 nitrogen and oxygen atoms in total. The fourth-order valence-corrected chi connectivity index (χ4v) is 2.27. The van der Waals surface area contributed by atoms with Crippen molar-refractivity contribution in [2.45, 2.75) is 0 Å². The van der Waals surface area contributed by atoms with Gasteiger partial charge >= 0.3 is 5.97 Å².